The Balaban J connectivity index is 0.00000261. The topological polar surface area (TPSA) is 96.0 Å². The third-order valence-corrected chi connectivity index (χ3v) is 4.52. The van der Waals surface area contributed by atoms with Crippen LogP contribution in [-0.4, -0.2) is 34.9 Å². The Morgan fingerprint density at radius 3 is 2.00 bits per heavy atom. The molecule has 2 amide bonds. The van der Waals surface area contributed by atoms with Gasteiger partial charge in [-0.2, -0.15) is 0 Å². The second kappa shape index (κ2) is 11.9. The molecule has 10 heteroatoms. The van der Waals surface area contributed by atoms with Crippen molar-refractivity contribution in [3.63, 3.8) is 0 Å². The summed E-state index contributed by atoms with van der Waals surface area (Å²) in [5.41, 5.74) is 2.44. The van der Waals surface area contributed by atoms with Crippen LogP contribution in [0, 0.1) is 19.3 Å². The highest BCUT2D eigenvalue weighted by molar-refractivity contribution is 6.01. The fourth-order valence-corrected chi connectivity index (χ4v) is 3.19. The molecule has 3 heterocycles. The van der Waals surface area contributed by atoms with Gasteiger partial charge in [0.15, 0.2) is 0 Å². The number of hydrogen-bond donors (Lipinski definition) is 3. The van der Waals surface area contributed by atoms with Crippen molar-refractivity contribution in [2.75, 3.05) is 23.7 Å². The number of nitrogens with one attached hydrogen (secondary N) is 3. The number of nitrogens with zero attached hydrogens (tertiary/aromatic N) is 2. The smallest absolute Gasteiger partial charge is 0.232 e. The molecular weight excluding hydrogens is 437 g/mol. The molecule has 1 unspecified atom stereocenters. The molecule has 29 heavy (non-hydrogen) atoms. The van der Waals surface area contributed by atoms with Gasteiger partial charge in [-0.15, -0.1) is 37.2 Å². The first kappa shape index (κ1) is 27.1. The zero-order valence-corrected chi connectivity index (χ0v) is 18.7. The molecule has 1 aliphatic rings. The molecule has 3 N–H and O–H groups in total. The average molecular weight is 463 g/mol. The van der Waals surface area contributed by atoms with Gasteiger partial charge in [-0.25, -0.2) is 0 Å². The minimum absolute atomic E-state index is 0. The van der Waals surface area contributed by atoms with Crippen LogP contribution in [0.2, 0.25) is 0 Å². The van der Waals surface area contributed by atoms with Crippen LogP contribution in [0.1, 0.15) is 24.0 Å². The van der Waals surface area contributed by atoms with E-state index in [4.69, 9.17) is 0 Å². The highest BCUT2D eigenvalue weighted by Gasteiger charge is 2.43. The summed E-state index contributed by atoms with van der Waals surface area (Å²) in [7, 11) is 0. The number of carbonyl (C=O) groups excluding carboxylic acids is 2. The molecule has 160 valence electrons. The number of halogens is 3. The van der Waals surface area contributed by atoms with Crippen LogP contribution >= 0.6 is 37.2 Å². The maximum atomic E-state index is 12.9. The summed E-state index contributed by atoms with van der Waals surface area (Å²) in [4.78, 5) is 33.6. The third-order valence-electron chi connectivity index (χ3n) is 4.52. The number of hydrogen-bond acceptors (Lipinski definition) is 5. The number of anilines is 2. The Morgan fingerprint density at radius 1 is 0.966 bits per heavy atom. The number of pyridine rings is 2. The summed E-state index contributed by atoms with van der Waals surface area (Å²) >= 11 is 0. The van der Waals surface area contributed by atoms with Gasteiger partial charge in [0, 0.05) is 25.4 Å². The normalized spacial score (nSPS) is 17.2. The van der Waals surface area contributed by atoms with Crippen molar-refractivity contribution in [3.8, 4) is 0 Å². The van der Waals surface area contributed by atoms with Crippen LogP contribution in [0.15, 0.2) is 36.9 Å². The van der Waals surface area contributed by atoms with Gasteiger partial charge < -0.3 is 16.0 Å². The molecule has 0 aromatic carbocycles. The van der Waals surface area contributed by atoms with Crippen LogP contribution < -0.4 is 16.0 Å². The van der Waals surface area contributed by atoms with E-state index < -0.39 is 5.41 Å². The zero-order valence-electron chi connectivity index (χ0n) is 16.2. The molecule has 2 aromatic rings. The van der Waals surface area contributed by atoms with E-state index in [0.29, 0.717) is 30.9 Å². The summed E-state index contributed by atoms with van der Waals surface area (Å²) in [5.74, 6) is -0.356. The van der Waals surface area contributed by atoms with Gasteiger partial charge in [0.25, 0.3) is 0 Å². The highest BCUT2D eigenvalue weighted by Crippen LogP contribution is 2.32. The van der Waals surface area contributed by atoms with Gasteiger partial charge >= 0.3 is 0 Å². The van der Waals surface area contributed by atoms with Crippen molar-refractivity contribution in [1.82, 2.24) is 15.3 Å². The van der Waals surface area contributed by atoms with Crippen molar-refractivity contribution in [2.24, 2.45) is 5.41 Å². The minimum atomic E-state index is -0.773. The zero-order chi connectivity index (χ0) is 18.6. The Bertz CT molecular complexity index is 829. The highest BCUT2D eigenvalue weighted by atomic mass is 35.5. The number of carbonyl (C=O) groups is 2. The fourth-order valence-electron chi connectivity index (χ4n) is 3.19. The maximum Gasteiger partial charge on any atom is 0.232 e. The van der Waals surface area contributed by atoms with E-state index in [1.807, 2.05) is 26.0 Å². The largest absolute Gasteiger partial charge is 0.325 e. The number of rotatable bonds is 5. The maximum absolute atomic E-state index is 12.9. The van der Waals surface area contributed by atoms with Gasteiger partial charge in [0.2, 0.25) is 11.8 Å². The molecule has 0 saturated carbocycles. The lowest BCUT2D eigenvalue weighted by molar-refractivity contribution is -0.129. The predicted octanol–water partition coefficient (Wildman–Crippen LogP) is 3.31. The minimum Gasteiger partial charge on any atom is -0.325 e. The van der Waals surface area contributed by atoms with Gasteiger partial charge in [0.1, 0.15) is 0 Å². The van der Waals surface area contributed by atoms with Crippen LogP contribution in [0.3, 0.4) is 0 Å². The predicted molar refractivity (Wildman–Crippen MR) is 121 cm³/mol. The second-order valence-electron chi connectivity index (χ2n) is 6.89. The second-order valence-corrected chi connectivity index (χ2v) is 6.89. The Labute approximate surface area is 189 Å². The molecule has 0 spiro atoms. The lowest BCUT2D eigenvalue weighted by Gasteiger charge is -2.26. The summed E-state index contributed by atoms with van der Waals surface area (Å²) in [6.45, 7) is 5.00. The third kappa shape index (κ3) is 7.12. The SMILES string of the molecule is Cc1cncc(NC(=O)CC2(C(=O)Nc3cncc(C)c3)CCNC2)c1.Cl.Cl.Cl. The van der Waals surface area contributed by atoms with Gasteiger partial charge in [0.05, 0.1) is 29.2 Å². The van der Waals surface area contributed by atoms with Crippen LogP contribution in [-0.2, 0) is 9.59 Å². The van der Waals surface area contributed by atoms with Crippen molar-refractivity contribution >= 4 is 60.4 Å². The summed E-state index contributed by atoms with van der Waals surface area (Å²) in [6, 6.07) is 3.71. The lowest BCUT2D eigenvalue weighted by atomic mass is 9.82. The number of amides is 2. The average Bonchev–Trinajstić information content (AvgIpc) is 3.04. The molecule has 2 aromatic heterocycles. The van der Waals surface area contributed by atoms with Gasteiger partial charge in [-0.1, -0.05) is 0 Å². The molecule has 1 atom stereocenters. The van der Waals surface area contributed by atoms with E-state index in [1.165, 1.54) is 0 Å². The molecule has 0 bridgehead atoms. The molecule has 3 rings (SSSR count). The summed E-state index contributed by atoms with van der Waals surface area (Å²) in [5, 5.41) is 8.95. The standard InChI is InChI=1S/C19H23N5O2.3ClH/c1-13-5-15(10-21-8-13)23-17(25)7-19(3-4-20-12-19)18(26)24-16-6-14(2)9-22-11-16;;;/h5-6,8-11,20H,3-4,7,12H2,1-2H3,(H,23,25)(H,24,26);3*1H. The molecule has 7 nitrogen and oxygen atoms in total. The van der Waals surface area contributed by atoms with Crippen molar-refractivity contribution in [2.45, 2.75) is 26.7 Å². The van der Waals surface area contributed by atoms with Gasteiger partial charge in [-0.3, -0.25) is 19.6 Å². The van der Waals surface area contributed by atoms with E-state index >= 15 is 0 Å². The molecule has 1 saturated heterocycles. The first-order valence-corrected chi connectivity index (χ1v) is 8.62. The van der Waals surface area contributed by atoms with Gasteiger partial charge in [-0.05, 0) is 50.1 Å². The summed E-state index contributed by atoms with van der Waals surface area (Å²) < 4.78 is 0. The Kier molecular flexibility index (Phi) is 11.1. The van der Waals surface area contributed by atoms with Crippen LogP contribution in [0.4, 0.5) is 11.4 Å². The molecule has 1 fully saturated rings. The molecule has 0 aliphatic carbocycles. The van der Waals surface area contributed by atoms with E-state index in [1.54, 1.807) is 24.8 Å². The lowest BCUT2D eigenvalue weighted by Crippen LogP contribution is -2.41. The first-order chi connectivity index (χ1) is 12.5. The molecule has 0 radical (unpaired) electrons. The number of aromatic nitrogens is 2. The summed E-state index contributed by atoms with van der Waals surface area (Å²) in [6.07, 6.45) is 7.38. The molecule has 1 aliphatic heterocycles. The van der Waals surface area contributed by atoms with E-state index in [9.17, 15) is 9.59 Å². The van der Waals surface area contributed by atoms with Crippen LogP contribution in [0.5, 0.6) is 0 Å². The van der Waals surface area contributed by atoms with E-state index in [-0.39, 0.29) is 55.5 Å². The molecular formula is C19H26Cl3N5O2. The fraction of sp³-hybridized carbons (Fsp3) is 0.368. The Morgan fingerprint density at radius 2 is 1.52 bits per heavy atom. The van der Waals surface area contributed by atoms with E-state index in [0.717, 1.165) is 11.1 Å². The van der Waals surface area contributed by atoms with Crippen molar-refractivity contribution in [3.05, 3.63) is 48.0 Å². The number of aryl methyl sites for hydroxylation is 2. The van der Waals surface area contributed by atoms with E-state index in [2.05, 4.69) is 25.9 Å². The van der Waals surface area contributed by atoms with Crippen molar-refractivity contribution in [1.29, 1.82) is 0 Å². The van der Waals surface area contributed by atoms with Crippen molar-refractivity contribution < 1.29 is 9.59 Å². The Hall–Kier alpha value is -1.93. The quantitative estimate of drug-likeness (QED) is 0.633. The first-order valence-electron chi connectivity index (χ1n) is 8.62. The van der Waals surface area contributed by atoms with Crippen LogP contribution in [0.25, 0.3) is 0 Å². The monoisotopic (exact) mass is 461 g/mol.